The van der Waals surface area contributed by atoms with E-state index in [4.69, 9.17) is 4.74 Å². The molecule has 0 radical (unpaired) electrons. The predicted octanol–water partition coefficient (Wildman–Crippen LogP) is 4.15. The number of carbonyl (C=O) groups excluding carboxylic acids is 2. The lowest BCUT2D eigenvalue weighted by Gasteiger charge is -2.33. The fourth-order valence-corrected chi connectivity index (χ4v) is 4.40. The molecule has 1 aliphatic carbocycles. The summed E-state index contributed by atoms with van der Waals surface area (Å²) in [5.74, 6) is 0.571. The summed E-state index contributed by atoms with van der Waals surface area (Å²) in [4.78, 5) is 29.3. The van der Waals surface area contributed by atoms with Crippen LogP contribution in [0.5, 0.6) is 5.75 Å². The van der Waals surface area contributed by atoms with Crippen LogP contribution < -0.4 is 15.4 Å². The van der Waals surface area contributed by atoms with E-state index in [1.807, 2.05) is 39.8 Å². The maximum absolute atomic E-state index is 12.7. The summed E-state index contributed by atoms with van der Waals surface area (Å²) >= 11 is 1.42. The lowest BCUT2D eigenvalue weighted by molar-refractivity contribution is -0.125. The van der Waals surface area contributed by atoms with E-state index >= 15 is 0 Å². The van der Waals surface area contributed by atoms with Gasteiger partial charge >= 0.3 is 0 Å². The number of carbonyl (C=O) groups is 2. The van der Waals surface area contributed by atoms with Crippen LogP contribution >= 0.6 is 11.3 Å². The van der Waals surface area contributed by atoms with Gasteiger partial charge in [0.05, 0.1) is 0 Å². The second-order valence-corrected chi connectivity index (χ2v) is 9.32. The van der Waals surface area contributed by atoms with Gasteiger partial charge in [0.15, 0.2) is 0 Å². The van der Waals surface area contributed by atoms with Crippen LogP contribution in [0.3, 0.4) is 0 Å². The van der Waals surface area contributed by atoms with Gasteiger partial charge in [-0.3, -0.25) is 9.59 Å². The van der Waals surface area contributed by atoms with Crippen LogP contribution in [0.2, 0.25) is 0 Å². The molecule has 0 aliphatic heterocycles. The van der Waals surface area contributed by atoms with Crippen LogP contribution in [-0.2, 0) is 11.4 Å². The first kappa shape index (κ1) is 22.3. The first-order chi connectivity index (χ1) is 14.3. The smallest absolute Gasteiger partial charge is 0.271 e. The summed E-state index contributed by atoms with van der Waals surface area (Å²) in [6.45, 7) is 8.16. The van der Waals surface area contributed by atoms with E-state index in [2.05, 4.69) is 21.7 Å². The number of aryl methyl sites for hydroxylation is 2. The molecule has 162 valence electrons. The Balaban J connectivity index is 1.57. The summed E-state index contributed by atoms with van der Waals surface area (Å²) in [5.41, 5.74) is 2.70. The summed E-state index contributed by atoms with van der Waals surface area (Å²) < 4.78 is 5.85. The monoisotopic (exact) mass is 429 g/mol. The van der Waals surface area contributed by atoms with Crippen molar-refractivity contribution in [2.24, 2.45) is 5.92 Å². The molecule has 1 saturated carbocycles. The number of benzene rings is 1. The second-order valence-electron chi connectivity index (χ2n) is 8.37. The fourth-order valence-electron chi connectivity index (χ4n) is 3.71. The van der Waals surface area contributed by atoms with Gasteiger partial charge in [0.2, 0.25) is 5.91 Å². The van der Waals surface area contributed by atoms with E-state index in [0.29, 0.717) is 12.3 Å². The standard InChI is InChI=1S/C23H31N3O3S/c1-14(2)22(27)25-18-7-5-6-8-19(18)26-23(28)20-13-30-21(24-20)12-29-17-10-15(3)9-16(4)11-17/h9-11,13-14,18-19H,5-8,12H2,1-4H3,(H,25,27)(H,26,28)/t18-,19+/m0/s1. The van der Waals surface area contributed by atoms with Crippen molar-refractivity contribution in [2.45, 2.75) is 72.1 Å². The van der Waals surface area contributed by atoms with Gasteiger partial charge in [-0.2, -0.15) is 0 Å². The Kier molecular flexibility index (Phi) is 7.48. The Morgan fingerprint density at radius 2 is 1.73 bits per heavy atom. The molecule has 1 aromatic carbocycles. The molecular formula is C23H31N3O3S. The summed E-state index contributed by atoms with van der Waals surface area (Å²) in [6, 6.07) is 5.99. The third kappa shape index (κ3) is 6.05. The number of amides is 2. The topological polar surface area (TPSA) is 80.3 Å². The van der Waals surface area contributed by atoms with Crippen molar-refractivity contribution in [1.82, 2.24) is 15.6 Å². The lowest BCUT2D eigenvalue weighted by atomic mass is 9.89. The van der Waals surface area contributed by atoms with Crippen LogP contribution in [0, 0.1) is 19.8 Å². The van der Waals surface area contributed by atoms with Gasteiger partial charge < -0.3 is 15.4 Å². The Hall–Kier alpha value is -2.41. The Morgan fingerprint density at radius 3 is 2.37 bits per heavy atom. The number of thiazole rings is 1. The third-order valence-electron chi connectivity index (χ3n) is 5.28. The molecule has 0 bridgehead atoms. The third-order valence-corrected chi connectivity index (χ3v) is 6.10. The molecule has 0 spiro atoms. The molecule has 6 nitrogen and oxygen atoms in total. The van der Waals surface area contributed by atoms with Crippen molar-refractivity contribution in [1.29, 1.82) is 0 Å². The van der Waals surface area contributed by atoms with Gasteiger partial charge in [0.25, 0.3) is 5.91 Å². The lowest BCUT2D eigenvalue weighted by Crippen LogP contribution is -2.53. The van der Waals surface area contributed by atoms with E-state index in [1.54, 1.807) is 5.38 Å². The van der Waals surface area contributed by atoms with E-state index < -0.39 is 0 Å². The number of nitrogens with zero attached hydrogens (tertiary/aromatic N) is 1. The summed E-state index contributed by atoms with van der Waals surface area (Å²) in [5, 5.41) is 8.69. The number of ether oxygens (including phenoxy) is 1. The van der Waals surface area contributed by atoms with E-state index in [-0.39, 0.29) is 29.8 Å². The minimum Gasteiger partial charge on any atom is -0.486 e. The van der Waals surface area contributed by atoms with Crippen LogP contribution in [0.25, 0.3) is 0 Å². The van der Waals surface area contributed by atoms with Gasteiger partial charge in [-0.25, -0.2) is 4.98 Å². The minimum absolute atomic E-state index is 0.0244. The zero-order chi connectivity index (χ0) is 21.7. The Labute approximate surface area is 182 Å². The van der Waals surface area contributed by atoms with Crippen molar-refractivity contribution < 1.29 is 14.3 Å². The first-order valence-electron chi connectivity index (χ1n) is 10.6. The molecule has 0 unspecified atom stereocenters. The van der Waals surface area contributed by atoms with Crippen LogP contribution in [0.15, 0.2) is 23.6 Å². The average Bonchev–Trinajstić information content (AvgIpc) is 3.16. The fraction of sp³-hybridized carbons (Fsp3) is 0.522. The van der Waals surface area contributed by atoms with E-state index in [1.165, 1.54) is 11.3 Å². The summed E-state index contributed by atoms with van der Waals surface area (Å²) in [7, 11) is 0. The maximum atomic E-state index is 12.7. The number of hydrogen-bond acceptors (Lipinski definition) is 5. The largest absolute Gasteiger partial charge is 0.486 e. The molecule has 2 atom stereocenters. The molecule has 1 aliphatic rings. The van der Waals surface area contributed by atoms with Gasteiger partial charge in [-0.15, -0.1) is 11.3 Å². The second kappa shape index (κ2) is 10.1. The minimum atomic E-state index is -0.195. The van der Waals surface area contributed by atoms with Crippen molar-refractivity contribution in [3.8, 4) is 5.75 Å². The zero-order valence-electron chi connectivity index (χ0n) is 18.2. The molecule has 1 aromatic heterocycles. The van der Waals surface area contributed by atoms with Crippen molar-refractivity contribution in [2.75, 3.05) is 0 Å². The van der Waals surface area contributed by atoms with E-state index in [0.717, 1.165) is 47.6 Å². The highest BCUT2D eigenvalue weighted by molar-refractivity contribution is 7.09. The maximum Gasteiger partial charge on any atom is 0.271 e. The van der Waals surface area contributed by atoms with Gasteiger partial charge in [0, 0.05) is 23.4 Å². The Bertz CT molecular complexity index is 873. The van der Waals surface area contributed by atoms with E-state index in [9.17, 15) is 9.59 Å². The highest BCUT2D eigenvalue weighted by Gasteiger charge is 2.29. The molecule has 1 fully saturated rings. The number of rotatable bonds is 7. The molecule has 2 aromatic rings. The number of aromatic nitrogens is 1. The molecular weight excluding hydrogens is 398 g/mol. The van der Waals surface area contributed by atoms with Gasteiger partial charge in [-0.05, 0) is 49.9 Å². The number of nitrogens with one attached hydrogen (secondary N) is 2. The number of hydrogen-bond donors (Lipinski definition) is 2. The zero-order valence-corrected chi connectivity index (χ0v) is 19.0. The average molecular weight is 430 g/mol. The van der Waals surface area contributed by atoms with Crippen molar-refractivity contribution >= 4 is 23.2 Å². The molecule has 30 heavy (non-hydrogen) atoms. The summed E-state index contributed by atoms with van der Waals surface area (Å²) in [6.07, 6.45) is 3.86. The molecule has 3 rings (SSSR count). The molecule has 2 N–H and O–H groups in total. The van der Waals surface area contributed by atoms with Crippen molar-refractivity contribution in [3.05, 3.63) is 45.4 Å². The van der Waals surface area contributed by atoms with Gasteiger partial charge in [0.1, 0.15) is 23.1 Å². The highest BCUT2D eigenvalue weighted by Crippen LogP contribution is 2.21. The Morgan fingerprint density at radius 1 is 1.10 bits per heavy atom. The SMILES string of the molecule is Cc1cc(C)cc(OCc2nc(C(=O)N[C@@H]3CCCC[C@@H]3NC(=O)C(C)C)cs2)c1. The van der Waals surface area contributed by atoms with Crippen molar-refractivity contribution in [3.63, 3.8) is 0 Å². The van der Waals surface area contributed by atoms with Crippen LogP contribution in [0.4, 0.5) is 0 Å². The highest BCUT2D eigenvalue weighted by atomic mass is 32.1. The van der Waals surface area contributed by atoms with Gasteiger partial charge in [-0.1, -0.05) is 32.8 Å². The van der Waals surface area contributed by atoms with Crippen LogP contribution in [-0.4, -0.2) is 28.9 Å². The first-order valence-corrected chi connectivity index (χ1v) is 11.5. The normalized spacial score (nSPS) is 18.8. The molecule has 0 saturated heterocycles. The molecule has 2 amide bonds. The predicted molar refractivity (Wildman–Crippen MR) is 119 cm³/mol. The molecule has 1 heterocycles. The molecule has 7 heteroatoms. The quantitative estimate of drug-likeness (QED) is 0.693. The van der Waals surface area contributed by atoms with Crippen LogP contribution in [0.1, 0.15) is 66.2 Å².